The molecule has 1 aromatic carbocycles. The van der Waals surface area contributed by atoms with Crippen LogP contribution >= 0.6 is 11.8 Å². The minimum absolute atomic E-state index is 0.118. The first-order valence-corrected chi connectivity index (χ1v) is 12.5. The largest absolute Gasteiger partial charge is 0.394 e. The fourth-order valence-corrected chi connectivity index (χ4v) is 5.21. The maximum Gasteiger partial charge on any atom is 0.239 e. The molecule has 1 fully saturated rings. The van der Waals surface area contributed by atoms with Crippen LogP contribution in [0.1, 0.15) is 47.3 Å². The third-order valence-electron chi connectivity index (χ3n) is 6.09. The van der Waals surface area contributed by atoms with Crippen molar-refractivity contribution in [1.82, 2.24) is 10.3 Å². The molecule has 1 aliphatic heterocycles. The second kappa shape index (κ2) is 12.4. The Hall–Kier alpha value is -3.64. The van der Waals surface area contributed by atoms with E-state index in [0.29, 0.717) is 59.9 Å². The minimum Gasteiger partial charge on any atom is -0.394 e. The van der Waals surface area contributed by atoms with Gasteiger partial charge in [0.2, 0.25) is 11.8 Å². The van der Waals surface area contributed by atoms with Gasteiger partial charge in [-0.25, -0.2) is 4.98 Å². The predicted octanol–water partition coefficient (Wildman–Crippen LogP) is 1.11. The normalized spacial score (nSPS) is 15.4. The Morgan fingerprint density at radius 1 is 1.22 bits per heavy atom. The summed E-state index contributed by atoms with van der Waals surface area (Å²) in [5, 5.41) is 31.4. The number of piperidine rings is 1. The summed E-state index contributed by atoms with van der Waals surface area (Å²) in [5.74, 6) is -0.516. The molecule has 0 aliphatic carbocycles. The number of carbonyl (C=O) groups is 2. The molecule has 1 saturated heterocycles. The number of nitrogens with two attached hydrogens (primary N) is 2. The molecular formula is C25H29N7O3S. The molecule has 1 unspecified atom stereocenters. The lowest BCUT2D eigenvalue weighted by molar-refractivity contribution is -0.124. The number of hydrogen-bond acceptors (Lipinski definition) is 9. The van der Waals surface area contributed by atoms with Crippen LogP contribution < -0.4 is 21.7 Å². The van der Waals surface area contributed by atoms with Crippen molar-refractivity contribution in [2.45, 2.75) is 48.5 Å². The van der Waals surface area contributed by atoms with Crippen LogP contribution in [0, 0.1) is 22.7 Å². The zero-order chi connectivity index (χ0) is 26.2. The van der Waals surface area contributed by atoms with E-state index < -0.39 is 29.7 Å². The molecule has 1 aromatic heterocycles. The molecule has 10 nitrogen and oxygen atoms in total. The number of carbonyl (C=O) groups excluding carboxylic acids is 2. The third-order valence-corrected chi connectivity index (χ3v) is 7.35. The number of primary amides is 1. The molecule has 0 bridgehead atoms. The number of nitriles is 2. The number of nitrogens with zero attached hydrogens (tertiary/aromatic N) is 4. The molecule has 2 amide bonds. The average Bonchev–Trinajstić information content (AvgIpc) is 2.90. The molecule has 36 heavy (non-hydrogen) atoms. The van der Waals surface area contributed by atoms with E-state index in [1.165, 1.54) is 0 Å². The Morgan fingerprint density at radius 3 is 2.39 bits per heavy atom. The van der Waals surface area contributed by atoms with Crippen LogP contribution in [0.2, 0.25) is 0 Å². The number of hydrogen-bond donors (Lipinski definition) is 4. The number of aliphatic hydroxyl groups excluding tert-OH is 1. The fourth-order valence-electron chi connectivity index (χ4n) is 4.15. The first-order valence-electron chi connectivity index (χ1n) is 11.6. The Balaban J connectivity index is 1.94. The summed E-state index contributed by atoms with van der Waals surface area (Å²) in [6.07, 6.45) is 1.62. The van der Waals surface area contributed by atoms with Crippen molar-refractivity contribution >= 4 is 29.4 Å². The van der Waals surface area contributed by atoms with E-state index in [1.807, 2.05) is 30.0 Å². The Morgan fingerprint density at radius 2 is 1.86 bits per heavy atom. The lowest BCUT2D eigenvalue weighted by atomic mass is 9.99. The standard InChI is InChI=1S/C25H29N7O3S/c1-2-17-18(12-26)23(32-10-8-16(9-11-32)30-24(35)20(28)14-33)31-25(19(17)13-27)36-21(22(29)34)15-6-4-3-5-7-15/h3-7,16,20-21,33H,2,8-11,14,28H2,1H3,(H2,29,34)(H,30,35)/t20-,21?/m0/s1. The van der Waals surface area contributed by atoms with E-state index in [9.17, 15) is 20.1 Å². The summed E-state index contributed by atoms with van der Waals surface area (Å²) < 4.78 is 0. The monoisotopic (exact) mass is 507 g/mol. The Kier molecular flexibility index (Phi) is 9.25. The van der Waals surface area contributed by atoms with Crippen LogP contribution in [-0.2, 0) is 16.0 Å². The first-order chi connectivity index (χ1) is 17.3. The van der Waals surface area contributed by atoms with Crippen molar-refractivity contribution in [3.05, 3.63) is 52.6 Å². The highest BCUT2D eigenvalue weighted by Crippen LogP contribution is 2.39. The number of rotatable bonds is 9. The van der Waals surface area contributed by atoms with Gasteiger partial charge in [0.15, 0.2) is 0 Å². The Labute approximate surface area is 214 Å². The van der Waals surface area contributed by atoms with Gasteiger partial charge in [-0.1, -0.05) is 49.0 Å². The van der Waals surface area contributed by atoms with Crippen LogP contribution in [0.4, 0.5) is 5.82 Å². The van der Waals surface area contributed by atoms with Crippen LogP contribution in [0.25, 0.3) is 0 Å². The van der Waals surface area contributed by atoms with Gasteiger partial charge in [0.1, 0.15) is 34.3 Å². The van der Waals surface area contributed by atoms with Gasteiger partial charge in [-0.2, -0.15) is 10.5 Å². The Bertz CT molecular complexity index is 1180. The second-order valence-corrected chi connectivity index (χ2v) is 9.51. The minimum atomic E-state index is -0.970. The predicted molar refractivity (Wildman–Crippen MR) is 136 cm³/mol. The van der Waals surface area contributed by atoms with Gasteiger partial charge < -0.3 is 26.8 Å². The van der Waals surface area contributed by atoms with Crippen molar-refractivity contribution < 1.29 is 14.7 Å². The molecule has 188 valence electrons. The summed E-state index contributed by atoms with van der Waals surface area (Å²) in [5.41, 5.74) is 13.2. The highest BCUT2D eigenvalue weighted by molar-refractivity contribution is 8.00. The maximum absolute atomic E-state index is 12.3. The molecule has 2 heterocycles. The zero-order valence-electron chi connectivity index (χ0n) is 20.0. The van der Waals surface area contributed by atoms with Crippen LogP contribution in [0.3, 0.4) is 0 Å². The highest BCUT2D eigenvalue weighted by Gasteiger charge is 2.29. The van der Waals surface area contributed by atoms with Crippen LogP contribution in [-0.4, -0.2) is 53.7 Å². The van der Waals surface area contributed by atoms with E-state index in [2.05, 4.69) is 17.5 Å². The van der Waals surface area contributed by atoms with Gasteiger partial charge in [-0.05, 0) is 30.4 Å². The average molecular weight is 508 g/mol. The van der Waals surface area contributed by atoms with E-state index >= 15 is 0 Å². The smallest absolute Gasteiger partial charge is 0.239 e. The molecular weight excluding hydrogens is 478 g/mol. The number of thioether (sulfide) groups is 1. The number of anilines is 1. The summed E-state index contributed by atoms with van der Waals surface area (Å²) in [7, 11) is 0. The lowest BCUT2D eigenvalue weighted by Gasteiger charge is -2.34. The van der Waals surface area contributed by atoms with Gasteiger partial charge in [-0.3, -0.25) is 9.59 Å². The van der Waals surface area contributed by atoms with Crippen molar-refractivity contribution in [3.63, 3.8) is 0 Å². The highest BCUT2D eigenvalue weighted by atomic mass is 32.2. The van der Waals surface area contributed by atoms with E-state index in [0.717, 1.165) is 11.8 Å². The maximum atomic E-state index is 12.3. The van der Waals surface area contributed by atoms with Crippen molar-refractivity contribution in [3.8, 4) is 12.1 Å². The molecule has 0 spiro atoms. The summed E-state index contributed by atoms with van der Waals surface area (Å²) >= 11 is 1.10. The molecule has 11 heteroatoms. The van der Waals surface area contributed by atoms with Gasteiger partial charge in [0.05, 0.1) is 17.7 Å². The van der Waals surface area contributed by atoms with Gasteiger partial charge in [0.25, 0.3) is 0 Å². The van der Waals surface area contributed by atoms with E-state index in [1.54, 1.807) is 12.1 Å². The number of pyridine rings is 1. The van der Waals surface area contributed by atoms with Crippen molar-refractivity contribution in [2.24, 2.45) is 11.5 Å². The lowest BCUT2D eigenvalue weighted by Crippen LogP contribution is -2.50. The van der Waals surface area contributed by atoms with Crippen LogP contribution in [0.15, 0.2) is 35.4 Å². The first kappa shape index (κ1) is 27.0. The number of aromatic nitrogens is 1. The molecule has 0 radical (unpaired) electrons. The second-order valence-electron chi connectivity index (χ2n) is 8.42. The van der Waals surface area contributed by atoms with E-state index in [4.69, 9.17) is 21.6 Å². The number of benzene rings is 1. The summed E-state index contributed by atoms with van der Waals surface area (Å²) in [4.78, 5) is 31.0. The van der Waals surface area contributed by atoms with Crippen molar-refractivity contribution in [1.29, 1.82) is 10.5 Å². The SMILES string of the molecule is CCc1c(C#N)c(SC(C(N)=O)c2ccccc2)nc(N2CCC(NC(=O)[C@@H](N)CO)CC2)c1C#N. The molecule has 3 rings (SSSR count). The fraction of sp³-hybridized carbons (Fsp3) is 0.400. The summed E-state index contributed by atoms with van der Waals surface area (Å²) in [6.45, 7) is 2.46. The van der Waals surface area contributed by atoms with Gasteiger partial charge in [0, 0.05) is 19.1 Å². The molecule has 0 saturated carbocycles. The number of nitrogens with one attached hydrogen (secondary N) is 1. The van der Waals surface area contributed by atoms with Gasteiger partial charge in [-0.15, -0.1) is 0 Å². The summed E-state index contributed by atoms with van der Waals surface area (Å²) in [6, 6.07) is 12.3. The van der Waals surface area contributed by atoms with Crippen molar-refractivity contribution in [2.75, 3.05) is 24.6 Å². The van der Waals surface area contributed by atoms with E-state index in [-0.39, 0.29) is 11.6 Å². The quantitative estimate of drug-likeness (QED) is 0.361. The van der Waals surface area contributed by atoms with Crippen LogP contribution in [0.5, 0.6) is 0 Å². The molecule has 2 aromatic rings. The molecule has 6 N–H and O–H groups in total. The molecule has 2 atom stereocenters. The third kappa shape index (κ3) is 5.94. The van der Waals surface area contributed by atoms with Gasteiger partial charge >= 0.3 is 0 Å². The topological polar surface area (TPSA) is 182 Å². The molecule has 1 aliphatic rings. The number of aliphatic hydroxyl groups is 1. The number of amides is 2. The zero-order valence-corrected chi connectivity index (χ0v) is 20.8.